The first-order chi connectivity index (χ1) is 10.2. The van der Waals surface area contributed by atoms with Crippen LogP contribution in [0.1, 0.15) is 31.2 Å². The average molecular weight is 346 g/mol. The Morgan fingerprint density at radius 3 is 2.82 bits per heavy atom. The summed E-state index contributed by atoms with van der Waals surface area (Å²) in [5.41, 5.74) is 5.32. The molecule has 0 spiro atoms. The normalized spacial score (nSPS) is 25.0. The van der Waals surface area contributed by atoms with Crippen LogP contribution < -0.4 is 11.1 Å². The van der Waals surface area contributed by atoms with Crippen molar-refractivity contribution in [2.75, 3.05) is 25.0 Å². The van der Waals surface area contributed by atoms with E-state index in [1.54, 1.807) is 11.3 Å². The van der Waals surface area contributed by atoms with E-state index in [1.807, 2.05) is 0 Å². The highest BCUT2D eigenvalue weighted by molar-refractivity contribution is 7.15. The highest BCUT2D eigenvalue weighted by Crippen LogP contribution is 2.42. The molecule has 1 aromatic heterocycles. The van der Waals surface area contributed by atoms with Crippen molar-refractivity contribution in [3.8, 4) is 0 Å². The summed E-state index contributed by atoms with van der Waals surface area (Å²) in [5, 5.41) is 14.0. The van der Waals surface area contributed by atoms with Crippen LogP contribution in [0.5, 0.6) is 0 Å². The van der Waals surface area contributed by atoms with Crippen molar-refractivity contribution in [1.29, 1.82) is 0 Å². The summed E-state index contributed by atoms with van der Waals surface area (Å²) in [5.74, 6) is 1.15. The number of aromatic nitrogens is 2. The van der Waals surface area contributed by atoms with E-state index in [2.05, 4.69) is 27.3 Å². The number of rotatable bonds is 7. The average Bonchev–Trinajstić information content (AvgIpc) is 3.06. The topological polar surface area (TPSA) is 84.1 Å². The second kappa shape index (κ2) is 7.57. The molecule has 6 nitrogen and oxygen atoms in total. The third kappa shape index (κ3) is 4.30. The number of nitrogens with one attached hydrogen (secondary N) is 1. The van der Waals surface area contributed by atoms with E-state index in [1.165, 1.54) is 12.8 Å². The van der Waals surface area contributed by atoms with Crippen molar-refractivity contribution in [3.05, 3.63) is 5.01 Å². The molecule has 1 amide bonds. The molecule has 0 unspecified atom stereocenters. The summed E-state index contributed by atoms with van der Waals surface area (Å²) in [6.07, 6.45) is 4.70. The molecule has 1 saturated heterocycles. The Labute approximate surface area is 141 Å². The van der Waals surface area contributed by atoms with Gasteiger partial charge in [0, 0.05) is 25.6 Å². The van der Waals surface area contributed by atoms with Crippen LogP contribution in [0.25, 0.3) is 0 Å². The second-order valence-corrected chi connectivity index (χ2v) is 7.23. The molecule has 2 fully saturated rings. The molecule has 22 heavy (non-hydrogen) atoms. The van der Waals surface area contributed by atoms with Gasteiger partial charge >= 0.3 is 0 Å². The van der Waals surface area contributed by atoms with Crippen LogP contribution in [-0.2, 0) is 11.2 Å². The lowest BCUT2D eigenvalue weighted by atomic mass is 9.98. The molecular weight excluding hydrogens is 322 g/mol. The van der Waals surface area contributed by atoms with Crippen LogP contribution in [-0.4, -0.2) is 46.7 Å². The minimum Gasteiger partial charge on any atom is -0.369 e. The molecule has 2 aliphatic rings. The smallest absolute Gasteiger partial charge is 0.231 e. The number of likely N-dealkylation sites (tertiary alicyclic amines) is 1. The lowest BCUT2D eigenvalue weighted by Gasteiger charge is -2.18. The van der Waals surface area contributed by atoms with Gasteiger partial charge in [0.2, 0.25) is 11.0 Å². The van der Waals surface area contributed by atoms with Crippen LogP contribution in [0.4, 0.5) is 5.13 Å². The number of halogens is 1. The number of anilines is 1. The fourth-order valence-corrected chi connectivity index (χ4v) is 4.11. The maximum absolute atomic E-state index is 11.1. The summed E-state index contributed by atoms with van der Waals surface area (Å²) in [6.45, 7) is 4.34. The molecule has 0 aromatic carbocycles. The van der Waals surface area contributed by atoms with Crippen LogP contribution in [0.2, 0.25) is 0 Å². The van der Waals surface area contributed by atoms with Gasteiger partial charge in [0.15, 0.2) is 0 Å². The number of hydrogen-bond acceptors (Lipinski definition) is 6. The Morgan fingerprint density at radius 2 is 2.18 bits per heavy atom. The molecular formula is C14H24ClN5OS. The van der Waals surface area contributed by atoms with Gasteiger partial charge in [-0.2, -0.15) is 0 Å². The molecule has 1 aromatic rings. The number of carbonyl (C=O) groups is 1. The minimum absolute atomic E-state index is 0. The quantitative estimate of drug-likeness (QED) is 0.782. The van der Waals surface area contributed by atoms with Gasteiger partial charge in [0.1, 0.15) is 5.01 Å². The van der Waals surface area contributed by atoms with E-state index in [-0.39, 0.29) is 18.3 Å². The van der Waals surface area contributed by atoms with Crippen LogP contribution in [0.15, 0.2) is 0 Å². The zero-order chi connectivity index (χ0) is 14.8. The molecule has 2 atom stereocenters. The first-order valence-electron chi connectivity index (χ1n) is 7.75. The third-order valence-electron chi connectivity index (χ3n) is 4.29. The number of hydrogen-bond donors (Lipinski definition) is 2. The first-order valence-corrected chi connectivity index (χ1v) is 8.57. The van der Waals surface area contributed by atoms with Crippen LogP contribution in [0, 0.1) is 11.8 Å². The second-order valence-electron chi connectivity index (χ2n) is 6.16. The highest BCUT2D eigenvalue weighted by atomic mass is 35.5. The molecule has 1 saturated carbocycles. The van der Waals surface area contributed by atoms with E-state index in [9.17, 15) is 4.79 Å². The van der Waals surface area contributed by atoms with E-state index in [0.717, 1.165) is 42.0 Å². The maximum Gasteiger partial charge on any atom is 0.231 e. The number of nitrogens with zero attached hydrogens (tertiary/aromatic N) is 3. The molecule has 3 rings (SSSR count). The molecule has 1 aliphatic heterocycles. The fourth-order valence-electron chi connectivity index (χ4n) is 3.20. The molecule has 0 bridgehead atoms. The number of amides is 1. The van der Waals surface area contributed by atoms with Crippen molar-refractivity contribution in [2.24, 2.45) is 17.6 Å². The predicted molar refractivity (Wildman–Crippen MR) is 90.4 cm³/mol. The maximum atomic E-state index is 11.1. The number of nitrogens with two attached hydrogens (primary N) is 1. The van der Waals surface area contributed by atoms with Gasteiger partial charge in [0.05, 0.1) is 6.54 Å². The summed E-state index contributed by atoms with van der Waals surface area (Å²) in [6, 6.07) is 0.360. The molecule has 8 heteroatoms. The van der Waals surface area contributed by atoms with Crippen molar-refractivity contribution < 1.29 is 4.79 Å². The van der Waals surface area contributed by atoms with Crippen molar-refractivity contribution in [1.82, 2.24) is 15.1 Å². The SMILES string of the molecule is CCCc1nnc(N[C@H]2CN(CC(N)=O)C[C@@H]2C2CC2)s1.Cl. The molecule has 1 aliphatic carbocycles. The van der Waals surface area contributed by atoms with Crippen molar-refractivity contribution in [2.45, 2.75) is 38.6 Å². The van der Waals surface area contributed by atoms with E-state index in [4.69, 9.17) is 5.73 Å². The summed E-state index contributed by atoms with van der Waals surface area (Å²) >= 11 is 1.65. The van der Waals surface area contributed by atoms with Crippen molar-refractivity contribution >= 4 is 34.8 Å². The number of aryl methyl sites for hydroxylation is 1. The zero-order valence-corrected chi connectivity index (χ0v) is 14.5. The van der Waals surface area contributed by atoms with E-state index < -0.39 is 0 Å². The lowest BCUT2D eigenvalue weighted by Crippen LogP contribution is -2.33. The third-order valence-corrected chi connectivity index (χ3v) is 5.20. The molecule has 0 radical (unpaired) electrons. The zero-order valence-electron chi connectivity index (χ0n) is 12.8. The summed E-state index contributed by atoms with van der Waals surface area (Å²) < 4.78 is 0. The molecule has 2 heterocycles. The minimum atomic E-state index is -0.244. The Kier molecular flexibility index (Phi) is 6.00. The van der Waals surface area contributed by atoms with Gasteiger partial charge in [-0.1, -0.05) is 18.3 Å². The highest BCUT2D eigenvalue weighted by Gasteiger charge is 2.42. The fraction of sp³-hybridized carbons (Fsp3) is 0.786. The van der Waals surface area contributed by atoms with Crippen LogP contribution in [0.3, 0.4) is 0 Å². The molecule has 3 N–H and O–H groups in total. The Hall–Kier alpha value is -0.920. The van der Waals surface area contributed by atoms with Gasteiger partial charge in [-0.15, -0.1) is 22.6 Å². The van der Waals surface area contributed by atoms with Gasteiger partial charge in [0.25, 0.3) is 0 Å². The number of carbonyl (C=O) groups excluding carboxylic acids is 1. The predicted octanol–water partition coefficient (Wildman–Crippen LogP) is 1.52. The van der Waals surface area contributed by atoms with Gasteiger partial charge in [-0.25, -0.2) is 0 Å². The lowest BCUT2D eigenvalue weighted by molar-refractivity contribution is -0.118. The van der Waals surface area contributed by atoms with Gasteiger partial charge in [-0.05, 0) is 31.1 Å². The Balaban J connectivity index is 0.00000176. The Bertz CT molecular complexity index is 507. The summed E-state index contributed by atoms with van der Waals surface area (Å²) in [7, 11) is 0. The molecule has 124 valence electrons. The Morgan fingerprint density at radius 1 is 1.41 bits per heavy atom. The van der Waals surface area contributed by atoms with Crippen LogP contribution >= 0.6 is 23.7 Å². The van der Waals surface area contributed by atoms with E-state index in [0.29, 0.717) is 18.5 Å². The largest absolute Gasteiger partial charge is 0.369 e. The number of primary amides is 1. The van der Waals surface area contributed by atoms with Crippen molar-refractivity contribution in [3.63, 3.8) is 0 Å². The van der Waals surface area contributed by atoms with Gasteiger partial charge in [-0.3, -0.25) is 9.69 Å². The first kappa shape index (κ1) is 17.4. The summed E-state index contributed by atoms with van der Waals surface area (Å²) in [4.78, 5) is 13.3. The standard InChI is InChI=1S/C14H23N5OS.ClH/c1-2-3-13-17-18-14(21-13)16-11-7-19(8-12(15)20)6-10(11)9-4-5-9;/h9-11H,2-8H2,1H3,(H2,15,20)(H,16,18);1H/t10-,11+;/m1./s1. The van der Waals surface area contributed by atoms with Gasteiger partial charge < -0.3 is 11.1 Å². The monoisotopic (exact) mass is 345 g/mol. The van der Waals surface area contributed by atoms with E-state index >= 15 is 0 Å².